The number of aromatic hydroxyl groups is 2. The smallest absolute Gasteiger partial charge is 0.303 e. The van der Waals surface area contributed by atoms with Gasteiger partial charge >= 0.3 is 5.97 Å². The van der Waals surface area contributed by atoms with Crippen LogP contribution in [0.2, 0.25) is 0 Å². The maximum Gasteiger partial charge on any atom is 0.303 e. The number of benzene rings is 1. The second-order valence-electron chi connectivity index (χ2n) is 4.33. The molecule has 17 heavy (non-hydrogen) atoms. The Labute approximate surface area is 98.7 Å². The largest absolute Gasteiger partial charge is 0.504 e. The third-order valence-electron chi connectivity index (χ3n) is 3.15. The summed E-state index contributed by atoms with van der Waals surface area (Å²) in [7, 11) is 0. The van der Waals surface area contributed by atoms with Gasteiger partial charge in [0.2, 0.25) is 0 Å². The summed E-state index contributed by atoms with van der Waals surface area (Å²) >= 11 is 0. The highest BCUT2D eigenvalue weighted by Gasteiger charge is 2.30. The first-order valence-corrected chi connectivity index (χ1v) is 5.55. The van der Waals surface area contributed by atoms with Crippen molar-refractivity contribution in [2.75, 3.05) is 6.54 Å². The number of carboxylic acid groups (broad SMARTS) is 1. The van der Waals surface area contributed by atoms with Crippen molar-refractivity contribution in [2.45, 2.75) is 18.9 Å². The highest BCUT2D eigenvalue weighted by Crippen LogP contribution is 2.35. The zero-order valence-corrected chi connectivity index (χ0v) is 9.26. The summed E-state index contributed by atoms with van der Waals surface area (Å²) in [5, 5.41) is 30.7. The minimum Gasteiger partial charge on any atom is -0.504 e. The van der Waals surface area contributed by atoms with Gasteiger partial charge in [-0.3, -0.25) is 4.79 Å². The van der Waals surface area contributed by atoms with Crippen LogP contribution in [0.3, 0.4) is 0 Å². The molecule has 1 fully saturated rings. The van der Waals surface area contributed by atoms with Crippen molar-refractivity contribution < 1.29 is 20.1 Å². The number of nitrogens with one attached hydrogen (secondary N) is 1. The molecule has 0 aliphatic carbocycles. The molecule has 0 spiro atoms. The molecule has 0 aromatic heterocycles. The summed E-state index contributed by atoms with van der Waals surface area (Å²) in [6.45, 7) is 0.768. The van der Waals surface area contributed by atoms with E-state index in [0.29, 0.717) is 0 Å². The zero-order valence-electron chi connectivity index (χ0n) is 9.26. The molecule has 1 saturated heterocycles. The summed E-state index contributed by atoms with van der Waals surface area (Å²) in [5.74, 6) is -1.13. The average molecular weight is 237 g/mol. The molecule has 1 aromatic rings. The minimum atomic E-state index is -0.813. The number of phenolic OH excluding ortho intramolecular Hbond substituents is 2. The van der Waals surface area contributed by atoms with E-state index in [4.69, 9.17) is 5.11 Å². The van der Waals surface area contributed by atoms with E-state index in [1.165, 1.54) is 12.1 Å². The number of aliphatic carboxylic acids is 1. The molecule has 5 nitrogen and oxygen atoms in total. The van der Waals surface area contributed by atoms with Gasteiger partial charge in [0.05, 0.1) is 6.42 Å². The second-order valence-corrected chi connectivity index (χ2v) is 4.33. The molecule has 2 unspecified atom stereocenters. The normalized spacial score (nSPS) is 23.8. The lowest BCUT2D eigenvalue weighted by molar-refractivity contribution is -0.138. The van der Waals surface area contributed by atoms with Crippen molar-refractivity contribution in [3.8, 4) is 11.5 Å². The average Bonchev–Trinajstić information content (AvgIpc) is 2.69. The van der Waals surface area contributed by atoms with E-state index in [1.807, 2.05) is 0 Å². The maximum atomic E-state index is 10.7. The van der Waals surface area contributed by atoms with Crippen molar-refractivity contribution in [3.63, 3.8) is 0 Å². The Kier molecular flexibility index (Phi) is 3.19. The predicted molar refractivity (Wildman–Crippen MR) is 60.9 cm³/mol. The van der Waals surface area contributed by atoms with Crippen molar-refractivity contribution in [1.82, 2.24) is 5.32 Å². The van der Waals surface area contributed by atoms with Gasteiger partial charge in [0.1, 0.15) is 0 Å². The first-order valence-electron chi connectivity index (χ1n) is 5.55. The van der Waals surface area contributed by atoms with Crippen molar-refractivity contribution in [3.05, 3.63) is 23.8 Å². The second kappa shape index (κ2) is 4.63. The molecule has 5 heteroatoms. The molecule has 1 aromatic carbocycles. The lowest BCUT2D eigenvalue weighted by atomic mass is 9.91. The van der Waals surface area contributed by atoms with E-state index in [0.717, 1.165) is 18.5 Å². The fraction of sp³-hybridized carbons (Fsp3) is 0.417. The minimum absolute atomic E-state index is 0.0245. The molecule has 0 radical (unpaired) electrons. The van der Waals surface area contributed by atoms with Crippen LogP contribution in [0.15, 0.2) is 18.2 Å². The molecular formula is C12H15NO4. The Bertz CT molecular complexity index is 433. The first-order chi connectivity index (χ1) is 8.08. The number of carboxylic acids is 1. The summed E-state index contributed by atoms with van der Waals surface area (Å²) in [4.78, 5) is 10.7. The van der Waals surface area contributed by atoms with Crippen LogP contribution in [0.4, 0.5) is 0 Å². The number of carbonyl (C=O) groups is 1. The van der Waals surface area contributed by atoms with Crippen molar-refractivity contribution in [2.24, 2.45) is 5.92 Å². The summed E-state index contributed by atoms with van der Waals surface area (Å²) < 4.78 is 0. The Morgan fingerprint density at radius 2 is 2.12 bits per heavy atom. The van der Waals surface area contributed by atoms with E-state index >= 15 is 0 Å². The lowest BCUT2D eigenvalue weighted by Crippen LogP contribution is -2.19. The van der Waals surface area contributed by atoms with Crippen molar-refractivity contribution >= 4 is 5.97 Å². The van der Waals surface area contributed by atoms with Gasteiger partial charge in [-0.25, -0.2) is 0 Å². The van der Waals surface area contributed by atoms with Crippen LogP contribution in [-0.4, -0.2) is 27.8 Å². The zero-order chi connectivity index (χ0) is 12.4. The van der Waals surface area contributed by atoms with Gasteiger partial charge < -0.3 is 20.6 Å². The first kappa shape index (κ1) is 11.7. The van der Waals surface area contributed by atoms with Crippen LogP contribution < -0.4 is 5.32 Å². The van der Waals surface area contributed by atoms with Crippen LogP contribution in [-0.2, 0) is 4.79 Å². The molecule has 4 N–H and O–H groups in total. The molecule has 1 heterocycles. The molecule has 1 aliphatic rings. The van der Waals surface area contributed by atoms with Gasteiger partial charge in [-0.15, -0.1) is 0 Å². The standard InChI is InChI=1S/C12H15NO4/c14-9-2-1-7(5-10(9)15)12-8(3-4-13-12)6-11(16)17/h1-2,5,8,12-15H,3-4,6H2,(H,16,17). The number of hydrogen-bond acceptors (Lipinski definition) is 4. The molecule has 0 amide bonds. The molecule has 0 saturated carbocycles. The van der Waals surface area contributed by atoms with E-state index in [9.17, 15) is 15.0 Å². The maximum absolute atomic E-state index is 10.7. The summed E-state index contributed by atoms with van der Waals surface area (Å²) in [6, 6.07) is 4.53. The van der Waals surface area contributed by atoms with Gasteiger partial charge in [0.25, 0.3) is 0 Å². The topological polar surface area (TPSA) is 89.8 Å². The Morgan fingerprint density at radius 3 is 2.76 bits per heavy atom. The third kappa shape index (κ3) is 2.50. The predicted octanol–water partition coefficient (Wildman–Crippen LogP) is 1.22. The molecule has 1 aliphatic heterocycles. The van der Waals surface area contributed by atoms with E-state index in [2.05, 4.69) is 5.32 Å². The molecular weight excluding hydrogens is 222 g/mol. The Balaban J connectivity index is 2.20. The SMILES string of the molecule is O=C(O)CC1CCNC1c1ccc(O)c(O)c1. The highest BCUT2D eigenvalue weighted by atomic mass is 16.4. The number of hydrogen-bond donors (Lipinski definition) is 4. The van der Waals surface area contributed by atoms with Gasteiger partial charge in [0.15, 0.2) is 11.5 Å². The fourth-order valence-corrected chi connectivity index (χ4v) is 2.33. The molecule has 2 rings (SSSR count). The molecule has 2 atom stereocenters. The van der Waals surface area contributed by atoms with Gasteiger partial charge in [0, 0.05) is 6.04 Å². The van der Waals surface area contributed by atoms with Crippen LogP contribution in [0.5, 0.6) is 11.5 Å². The molecule has 0 bridgehead atoms. The van der Waals surface area contributed by atoms with Crippen molar-refractivity contribution in [1.29, 1.82) is 0 Å². The van der Waals surface area contributed by atoms with Crippen LogP contribution >= 0.6 is 0 Å². The summed E-state index contributed by atoms with van der Waals surface area (Å²) in [6.07, 6.45) is 0.915. The van der Waals surface area contributed by atoms with Crippen LogP contribution in [0, 0.1) is 5.92 Å². The van der Waals surface area contributed by atoms with E-state index in [1.54, 1.807) is 6.07 Å². The number of phenols is 2. The quantitative estimate of drug-likeness (QED) is 0.593. The molecule has 92 valence electrons. The van der Waals surface area contributed by atoms with E-state index in [-0.39, 0.29) is 29.9 Å². The summed E-state index contributed by atoms with van der Waals surface area (Å²) in [5.41, 5.74) is 0.809. The Morgan fingerprint density at radius 1 is 1.35 bits per heavy atom. The van der Waals surface area contributed by atoms with Crippen LogP contribution in [0.25, 0.3) is 0 Å². The lowest BCUT2D eigenvalue weighted by Gasteiger charge is -2.18. The Hall–Kier alpha value is -1.75. The van der Waals surface area contributed by atoms with Crippen LogP contribution in [0.1, 0.15) is 24.4 Å². The third-order valence-corrected chi connectivity index (χ3v) is 3.15. The fourth-order valence-electron chi connectivity index (χ4n) is 2.33. The van der Waals surface area contributed by atoms with E-state index < -0.39 is 5.97 Å². The van der Waals surface area contributed by atoms with Gasteiger partial charge in [-0.05, 0) is 36.6 Å². The number of rotatable bonds is 3. The monoisotopic (exact) mass is 237 g/mol. The highest BCUT2D eigenvalue weighted by molar-refractivity contribution is 5.67. The van der Waals surface area contributed by atoms with Gasteiger partial charge in [-0.2, -0.15) is 0 Å². The van der Waals surface area contributed by atoms with Gasteiger partial charge in [-0.1, -0.05) is 6.07 Å².